The summed E-state index contributed by atoms with van der Waals surface area (Å²) in [5, 5.41) is 1.62. The summed E-state index contributed by atoms with van der Waals surface area (Å²) in [7, 11) is -1.28. The minimum atomic E-state index is -1.28. The zero-order valence-corrected chi connectivity index (χ0v) is 15.2. The van der Waals surface area contributed by atoms with Crippen molar-refractivity contribution in [2.45, 2.75) is 76.9 Å². The van der Waals surface area contributed by atoms with Crippen molar-refractivity contribution in [1.29, 1.82) is 0 Å². The molecule has 0 fully saturated rings. The van der Waals surface area contributed by atoms with Crippen LogP contribution in [0.3, 0.4) is 0 Å². The number of hydrogen-bond donors (Lipinski definition) is 0. The van der Waals surface area contributed by atoms with Crippen LogP contribution in [0.4, 0.5) is 0 Å². The molecule has 1 heteroatoms. The van der Waals surface area contributed by atoms with Crippen LogP contribution in [0.1, 0.15) is 58.3 Å². The zero-order valence-electron chi connectivity index (χ0n) is 14.2. The average Bonchev–Trinajstić information content (AvgIpc) is 2.45. The smallest absolute Gasteiger partial charge is 0.0842 e. The van der Waals surface area contributed by atoms with Gasteiger partial charge in [-0.1, -0.05) is 99.3 Å². The molecule has 1 atom stereocenters. The van der Waals surface area contributed by atoms with Gasteiger partial charge in [-0.2, -0.15) is 0 Å². The highest BCUT2D eigenvalue weighted by Crippen LogP contribution is 2.41. The third-order valence-corrected chi connectivity index (χ3v) is 9.26. The van der Waals surface area contributed by atoms with Crippen molar-refractivity contribution in [3.8, 4) is 0 Å². The molecule has 0 saturated heterocycles. The predicted octanol–water partition coefficient (Wildman–Crippen LogP) is 6.05. The molecule has 0 nitrogen and oxygen atoms in total. The highest BCUT2D eigenvalue weighted by Gasteiger charge is 2.36. The Bertz CT molecular complexity index is 444. The lowest BCUT2D eigenvalue weighted by Crippen LogP contribution is -2.47. The van der Waals surface area contributed by atoms with Crippen molar-refractivity contribution in [1.82, 2.24) is 0 Å². The second kappa shape index (κ2) is 7.98. The minimum Gasteiger partial charge on any atom is -0.0842 e. The average molecular weight is 301 g/mol. The van der Waals surface area contributed by atoms with E-state index in [1.165, 1.54) is 51.4 Å². The van der Waals surface area contributed by atoms with Gasteiger partial charge in [-0.05, 0) is 24.8 Å². The Morgan fingerprint density at radius 1 is 0.952 bits per heavy atom. The van der Waals surface area contributed by atoms with Crippen LogP contribution >= 0.6 is 0 Å². The Hall–Kier alpha value is -0.823. The van der Waals surface area contributed by atoms with E-state index < -0.39 is 8.07 Å². The first kappa shape index (κ1) is 16.5. The van der Waals surface area contributed by atoms with Crippen LogP contribution < -0.4 is 5.19 Å². The van der Waals surface area contributed by atoms with Gasteiger partial charge in [0.05, 0.1) is 8.07 Å². The van der Waals surface area contributed by atoms with Gasteiger partial charge in [0.1, 0.15) is 0 Å². The monoisotopic (exact) mass is 300 g/mol. The molecule has 0 heterocycles. The van der Waals surface area contributed by atoms with Gasteiger partial charge in [-0.15, -0.1) is 0 Å². The first-order valence-electron chi connectivity index (χ1n) is 8.89. The van der Waals surface area contributed by atoms with Crippen LogP contribution in [0.2, 0.25) is 18.6 Å². The quantitative estimate of drug-likeness (QED) is 0.296. The van der Waals surface area contributed by atoms with Gasteiger partial charge in [0.25, 0.3) is 0 Å². The number of unbranched alkanes of at least 4 members (excludes halogenated alkanes) is 5. The lowest BCUT2D eigenvalue weighted by molar-refractivity contribution is 0.595. The summed E-state index contributed by atoms with van der Waals surface area (Å²) in [6, 6.07) is 11.2. The zero-order chi connectivity index (χ0) is 15.1. The molecule has 0 aliphatic heterocycles. The molecule has 1 unspecified atom stereocenters. The number of allylic oxidation sites excluding steroid dienone is 2. The van der Waals surface area contributed by atoms with Gasteiger partial charge in [-0.3, -0.25) is 0 Å². The Labute approximate surface area is 132 Å². The van der Waals surface area contributed by atoms with E-state index in [0.717, 1.165) is 5.54 Å². The van der Waals surface area contributed by atoms with Crippen molar-refractivity contribution < 1.29 is 0 Å². The second-order valence-corrected chi connectivity index (χ2v) is 12.0. The van der Waals surface area contributed by atoms with E-state index >= 15 is 0 Å². The van der Waals surface area contributed by atoms with E-state index in [1.54, 1.807) is 10.8 Å². The van der Waals surface area contributed by atoms with Crippen LogP contribution in [0.5, 0.6) is 0 Å². The molecule has 1 aliphatic carbocycles. The number of rotatable bonds is 9. The Balaban J connectivity index is 1.73. The maximum absolute atomic E-state index is 2.62. The van der Waals surface area contributed by atoms with Crippen LogP contribution in [0.15, 0.2) is 42.0 Å². The van der Waals surface area contributed by atoms with Crippen LogP contribution in [-0.2, 0) is 0 Å². The van der Waals surface area contributed by atoms with Crippen molar-refractivity contribution in [3.63, 3.8) is 0 Å². The van der Waals surface area contributed by atoms with Gasteiger partial charge in [-0.25, -0.2) is 0 Å². The fourth-order valence-corrected chi connectivity index (χ4v) is 6.30. The van der Waals surface area contributed by atoms with E-state index in [2.05, 4.69) is 56.4 Å². The van der Waals surface area contributed by atoms with Gasteiger partial charge in [0.15, 0.2) is 0 Å². The third kappa shape index (κ3) is 4.57. The molecule has 0 bridgehead atoms. The normalized spacial score (nSPS) is 18.2. The Morgan fingerprint density at radius 3 is 2.24 bits per heavy atom. The van der Waals surface area contributed by atoms with Gasteiger partial charge in [0, 0.05) is 0 Å². The van der Waals surface area contributed by atoms with E-state index in [-0.39, 0.29) is 0 Å². The first-order chi connectivity index (χ1) is 10.1. The van der Waals surface area contributed by atoms with Gasteiger partial charge in [0.2, 0.25) is 0 Å². The molecule has 0 N–H and O–H groups in total. The fraction of sp³-hybridized carbons (Fsp3) is 0.600. The van der Waals surface area contributed by atoms with Crippen molar-refractivity contribution in [2.24, 2.45) is 0 Å². The molecule has 2 rings (SSSR count). The van der Waals surface area contributed by atoms with Crippen molar-refractivity contribution >= 4 is 13.3 Å². The molecule has 0 spiro atoms. The van der Waals surface area contributed by atoms with Crippen LogP contribution in [-0.4, -0.2) is 8.07 Å². The van der Waals surface area contributed by atoms with E-state index in [9.17, 15) is 0 Å². The molecule has 0 radical (unpaired) electrons. The summed E-state index contributed by atoms with van der Waals surface area (Å²) in [6.45, 7) is 7.35. The highest BCUT2D eigenvalue weighted by molar-refractivity contribution is 6.91. The molecule has 0 saturated carbocycles. The molecule has 21 heavy (non-hydrogen) atoms. The number of benzene rings is 1. The summed E-state index contributed by atoms with van der Waals surface area (Å²) in [4.78, 5) is 0. The lowest BCUT2D eigenvalue weighted by Gasteiger charge is -2.38. The summed E-state index contributed by atoms with van der Waals surface area (Å²) < 4.78 is 0. The number of hydrogen-bond acceptors (Lipinski definition) is 0. The summed E-state index contributed by atoms with van der Waals surface area (Å²) in [6.07, 6.45) is 13.8. The Kier molecular flexibility index (Phi) is 6.29. The first-order valence-corrected chi connectivity index (χ1v) is 12.0. The van der Waals surface area contributed by atoms with Gasteiger partial charge < -0.3 is 0 Å². The molecule has 0 amide bonds. The van der Waals surface area contributed by atoms with E-state index in [1.807, 2.05) is 0 Å². The van der Waals surface area contributed by atoms with E-state index in [4.69, 9.17) is 0 Å². The summed E-state index contributed by atoms with van der Waals surface area (Å²) >= 11 is 0. The summed E-state index contributed by atoms with van der Waals surface area (Å²) in [5.74, 6) is 0. The van der Waals surface area contributed by atoms with Crippen molar-refractivity contribution in [3.05, 3.63) is 42.0 Å². The maximum atomic E-state index is 2.62. The maximum Gasteiger partial charge on any atom is 0.0877 e. The molecule has 1 aliphatic rings. The van der Waals surface area contributed by atoms with Gasteiger partial charge >= 0.3 is 0 Å². The van der Waals surface area contributed by atoms with E-state index in [0.29, 0.717) is 0 Å². The van der Waals surface area contributed by atoms with Crippen LogP contribution in [0.25, 0.3) is 0 Å². The SMILES string of the molecule is CCCCCCCCC1=CC([Si](C)(C)c2ccccc2)C1. The molecule has 1 aromatic carbocycles. The predicted molar refractivity (Wildman–Crippen MR) is 98.0 cm³/mol. The topological polar surface area (TPSA) is 0 Å². The largest absolute Gasteiger partial charge is 0.0877 e. The molecule has 1 aromatic rings. The molecular weight excluding hydrogens is 268 g/mol. The molecule has 116 valence electrons. The minimum absolute atomic E-state index is 0.870. The highest BCUT2D eigenvalue weighted by atomic mass is 28.3. The molecular formula is C20H32Si. The lowest BCUT2D eigenvalue weighted by atomic mass is 9.93. The molecule has 0 aromatic heterocycles. The fourth-order valence-electron chi connectivity index (χ4n) is 3.40. The van der Waals surface area contributed by atoms with Crippen molar-refractivity contribution in [2.75, 3.05) is 0 Å². The Morgan fingerprint density at radius 2 is 1.57 bits per heavy atom. The third-order valence-electron chi connectivity index (χ3n) is 5.22. The van der Waals surface area contributed by atoms with Crippen LogP contribution in [0, 0.1) is 0 Å². The second-order valence-electron chi connectivity index (χ2n) is 7.24. The standard InChI is InChI=1S/C20H32Si/c1-4-5-6-7-8-10-13-18-16-20(17-18)21(2,3)19-14-11-9-12-15-19/h9,11-12,14-16,20H,4-8,10,13,17H2,1-3H3. The summed E-state index contributed by atoms with van der Waals surface area (Å²) in [5.41, 5.74) is 2.61.